The summed E-state index contributed by atoms with van der Waals surface area (Å²) in [6.45, 7) is 6.86. The maximum atomic E-state index is 13.7. The minimum absolute atomic E-state index is 0.123. The fraction of sp³-hybridized carbons (Fsp3) is 0.533. The summed E-state index contributed by atoms with van der Waals surface area (Å²) in [5.74, 6) is -1.85. The Kier molecular flexibility index (Phi) is 11.4. The number of rotatable bonds is 12. The molecule has 3 rings (SSSR count). The molecule has 0 saturated heterocycles. The van der Waals surface area contributed by atoms with E-state index in [1.807, 2.05) is 49.4 Å². The number of carbonyl (C=O) groups is 3. The minimum atomic E-state index is -1.10. The molecule has 1 aliphatic carbocycles. The van der Waals surface area contributed by atoms with Crippen LogP contribution in [0.3, 0.4) is 0 Å². The lowest BCUT2D eigenvalue weighted by Gasteiger charge is -2.36. The van der Waals surface area contributed by atoms with Gasteiger partial charge in [-0.05, 0) is 63.1 Å². The Bertz CT molecular complexity index is 1240. The highest BCUT2D eigenvalue weighted by Crippen LogP contribution is 2.40. The first-order valence-corrected chi connectivity index (χ1v) is 14.1. The van der Waals surface area contributed by atoms with Crippen LogP contribution in [0.25, 0.3) is 17.0 Å². The average Bonchev–Trinajstić information content (AvgIpc) is 2.95. The zero-order valence-corrected chi connectivity index (χ0v) is 24.4. The first-order chi connectivity index (χ1) is 19.5. The highest BCUT2D eigenvalue weighted by Gasteiger charge is 2.43. The molecule has 0 bridgehead atoms. The molecule has 3 atom stereocenters. The average molecular weight is 570 g/mol. The smallest absolute Gasteiger partial charge is 0.316 e. The Balaban J connectivity index is 1.85. The monoisotopic (exact) mass is 569 g/mol. The molecule has 0 unspecified atom stereocenters. The SMILES string of the molecule is CNNC(=O)[C@H](C)NC(=O)[C@@H](OC(=O)C1(/C=C/c2ccc3ccc([C@@H](C)NCO)nc3c2)CCC(O)CC1)C(C)C. The van der Waals surface area contributed by atoms with E-state index in [2.05, 4.69) is 21.5 Å². The summed E-state index contributed by atoms with van der Waals surface area (Å²) in [6, 6.07) is 8.76. The number of pyridine rings is 1. The summed E-state index contributed by atoms with van der Waals surface area (Å²) >= 11 is 0. The number of hydrogen-bond donors (Lipinski definition) is 6. The maximum Gasteiger partial charge on any atom is 0.316 e. The van der Waals surface area contributed by atoms with Gasteiger partial charge in [0.05, 0.1) is 29.5 Å². The van der Waals surface area contributed by atoms with Crippen LogP contribution in [0.2, 0.25) is 0 Å². The number of nitrogens with zero attached hydrogens (tertiary/aromatic N) is 1. The Morgan fingerprint density at radius 2 is 1.78 bits per heavy atom. The summed E-state index contributed by atoms with van der Waals surface area (Å²) in [5, 5.41) is 25.9. The molecule has 1 aromatic carbocycles. The van der Waals surface area contributed by atoms with E-state index in [1.165, 1.54) is 0 Å². The predicted octanol–water partition coefficient (Wildman–Crippen LogP) is 2.09. The zero-order chi connectivity index (χ0) is 30.2. The van der Waals surface area contributed by atoms with E-state index in [4.69, 9.17) is 9.72 Å². The van der Waals surface area contributed by atoms with Crippen LogP contribution in [-0.4, -0.2) is 65.0 Å². The summed E-state index contributed by atoms with van der Waals surface area (Å²) < 4.78 is 5.85. The number of hydrazine groups is 1. The zero-order valence-electron chi connectivity index (χ0n) is 24.4. The number of aliphatic hydroxyl groups excluding tert-OH is 2. The summed E-state index contributed by atoms with van der Waals surface area (Å²) in [4.78, 5) is 43.5. The van der Waals surface area contributed by atoms with Crippen LogP contribution < -0.4 is 21.5 Å². The molecular formula is C30H43N5O6. The number of benzene rings is 1. The molecule has 11 heteroatoms. The van der Waals surface area contributed by atoms with Gasteiger partial charge in [-0.25, -0.2) is 5.43 Å². The number of nitrogens with one attached hydrogen (secondary N) is 4. The van der Waals surface area contributed by atoms with Gasteiger partial charge in [0.2, 0.25) is 0 Å². The Morgan fingerprint density at radius 1 is 1.10 bits per heavy atom. The van der Waals surface area contributed by atoms with Gasteiger partial charge in [-0.15, -0.1) is 0 Å². The van der Waals surface area contributed by atoms with Crippen LogP contribution in [-0.2, 0) is 19.1 Å². The van der Waals surface area contributed by atoms with E-state index in [9.17, 15) is 24.6 Å². The third-order valence-corrected chi connectivity index (χ3v) is 7.53. The van der Waals surface area contributed by atoms with Crippen molar-refractivity contribution in [3.8, 4) is 0 Å². The van der Waals surface area contributed by atoms with Crippen molar-refractivity contribution in [3.63, 3.8) is 0 Å². The predicted molar refractivity (Wildman–Crippen MR) is 156 cm³/mol. The molecule has 11 nitrogen and oxygen atoms in total. The van der Waals surface area contributed by atoms with Crippen molar-refractivity contribution in [1.82, 2.24) is 26.5 Å². The number of hydrogen-bond acceptors (Lipinski definition) is 9. The minimum Gasteiger partial charge on any atom is -0.451 e. The molecule has 2 amide bonds. The molecule has 41 heavy (non-hydrogen) atoms. The first-order valence-electron chi connectivity index (χ1n) is 14.1. The van der Waals surface area contributed by atoms with E-state index in [0.29, 0.717) is 25.7 Å². The number of esters is 1. The number of ether oxygens (including phenoxy) is 1. The fourth-order valence-corrected chi connectivity index (χ4v) is 4.87. The topological polar surface area (TPSA) is 162 Å². The molecule has 0 radical (unpaired) electrons. The Hall–Kier alpha value is -3.38. The van der Waals surface area contributed by atoms with Crippen LogP contribution in [0.1, 0.15) is 70.7 Å². The van der Waals surface area contributed by atoms with Crippen LogP contribution in [0, 0.1) is 11.3 Å². The van der Waals surface area contributed by atoms with Crippen molar-refractivity contribution in [2.45, 2.75) is 77.7 Å². The lowest BCUT2D eigenvalue weighted by atomic mass is 9.72. The largest absolute Gasteiger partial charge is 0.451 e. The molecular weight excluding hydrogens is 526 g/mol. The van der Waals surface area contributed by atoms with Gasteiger partial charge < -0.3 is 20.3 Å². The molecule has 2 aromatic rings. The lowest BCUT2D eigenvalue weighted by Crippen LogP contribution is -2.52. The van der Waals surface area contributed by atoms with Crippen molar-refractivity contribution in [3.05, 3.63) is 47.7 Å². The molecule has 1 aromatic heterocycles. The van der Waals surface area contributed by atoms with Gasteiger partial charge in [0, 0.05) is 18.5 Å². The second-order valence-corrected chi connectivity index (χ2v) is 11.0. The van der Waals surface area contributed by atoms with E-state index in [0.717, 1.165) is 22.2 Å². The van der Waals surface area contributed by atoms with Crippen molar-refractivity contribution in [1.29, 1.82) is 0 Å². The van der Waals surface area contributed by atoms with Crippen molar-refractivity contribution >= 4 is 34.8 Å². The number of fused-ring (bicyclic) bond motifs is 1. The van der Waals surface area contributed by atoms with Crippen LogP contribution in [0.5, 0.6) is 0 Å². The van der Waals surface area contributed by atoms with Gasteiger partial charge in [-0.1, -0.05) is 44.2 Å². The van der Waals surface area contributed by atoms with Gasteiger partial charge in [0.15, 0.2) is 6.10 Å². The van der Waals surface area contributed by atoms with E-state index in [-0.39, 0.29) is 18.7 Å². The van der Waals surface area contributed by atoms with Crippen LogP contribution >= 0.6 is 0 Å². The molecule has 1 saturated carbocycles. The molecule has 1 heterocycles. The van der Waals surface area contributed by atoms with Gasteiger partial charge >= 0.3 is 5.97 Å². The van der Waals surface area contributed by atoms with Crippen molar-refractivity contribution in [2.75, 3.05) is 13.8 Å². The standard InChI is InChI=1S/C30H43N5O6/c1-18(2)26(28(39)33-20(4)27(38)35-31-5)41-29(40)30(14-11-23(37)12-15-30)13-10-21-6-7-22-8-9-24(19(3)32-17-36)34-25(22)16-21/h6-10,13,16,18-20,23,26,31-32,36-37H,11-12,14-15,17H2,1-5H3,(H,33,39)(H,35,38)/b13-10+/t19-,20+,23?,26+,30?/m1/s1. The highest BCUT2D eigenvalue weighted by atomic mass is 16.5. The van der Waals surface area contributed by atoms with Gasteiger partial charge in [0.1, 0.15) is 6.04 Å². The normalized spacial score (nSPS) is 21.4. The van der Waals surface area contributed by atoms with Crippen molar-refractivity contribution in [2.24, 2.45) is 11.3 Å². The summed E-state index contributed by atoms with van der Waals surface area (Å²) in [7, 11) is 1.54. The Morgan fingerprint density at radius 3 is 2.41 bits per heavy atom. The number of aliphatic hydroxyl groups is 2. The second kappa shape index (κ2) is 14.5. The van der Waals surface area contributed by atoms with Gasteiger partial charge in [-0.2, -0.15) is 0 Å². The molecule has 1 aliphatic rings. The van der Waals surface area contributed by atoms with Crippen molar-refractivity contribution < 1.29 is 29.3 Å². The molecule has 6 N–H and O–H groups in total. The van der Waals surface area contributed by atoms with Crippen LogP contribution in [0.4, 0.5) is 0 Å². The van der Waals surface area contributed by atoms with E-state index < -0.39 is 41.4 Å². The highest BCUT2D eigenvalue weighted by molar-refractivity contribution is 5.91. The first kappa shape index (κ1) is 32.1. The van der Waals surface area contributed by atoms with Gasteiger partial charge in [-0.3, -0.25) is 30.1 Å². The van der Waals surface area contributed by atoms with Crippen LogP contribution in [0.15, 0.2) is 36.4 Å². The third-order valence-electron chi connectivity index (χ3n) is 7.53. The van der Waals surface area contributed by atoms with Gasteiger partial charge in [0.25, 0.3) is 11.8 Å². The molecule has 0 aliphatic heterocycles. The molecule has 1 fully saturated rings. The fourth-order valence-electron chi connectivity index (χ4n) is 4.87. The second-order valence-electron chi connectivity index (χ2n) is 11.0. The number of carbonyl (C=O) groups excluding carboxylic acids is 3. The Labute approximate surface area is 241 Å². The summed E-state index contributed by atoms with van der Waals surface area (Å²) in [5.41, 5.74) is 6.33. The quantitative estimate of drug-likeness (QED) is 0.128. The third kappa shape index (κ3) is 8.32. The summed E-state index contributed by atoms with van der Waals surface area (Å²) in [6.07, 6.45) is 3.68. The van der Waals surface area contributed by atoms with E-state index in [1.54, 1.807) is 27.8 Å². The lowest BCUT2D eigenvalue weighted by molar-refractivity contribution is -0.168. The maximum absolute atomic E-state index is 13.7. The van der Waals surface area contributed by atoms with E-state index >= 15 is 0 Å². The number of amides is 2. The molecule has 0 spiro atoms. The molecule has 224 valence electrons. The number of aromatic nitrogens is 1.